The molecule has 0 radical (unpaired) electrons. The Morgan fingerprint density at radius 1 is 1.16 bits per heavy atom. The second-order valence-corrected chi connectivity index (χ2v) is 9.22. The highest BCUT2D eigenvalue weighted by Gasteiger charge is 2.35. The maximum Gasteiger partial charge on any atom is 0.309 e. The van der Waals surface area contributed by atoms with E-state index in [-0.39, 0.29) is 24.5 Å². The number of carbonyl (C=O) groups is 2. The lowest BCUT2D eigenvalue weighted by Gasteiger charge is -2.35. The van der Waals surface area contributed by atoms with Gasteiger partial charge in [0.25, 0.3) is 0 Å². The van der Waals surface area contributed by atoms with E-state index < -0.39 is 28.1 Å². The number of nitrogens with one attached hydrogen (secondary N) is 2. The molecule has 0 bridgehead atoms. The highest BCUT2D eigenvalue weighted by molar-refractivity contribution is 7.89. The summed E-state index contributed by atoms with van der Waals surface area (Å²) in [5.41, 5.74) is 1.47. The SMILES string of the molecule is Cc1ccc(C)c(S(=O)(=O)N2CCCO[C@@H]2CNC(=O)C(=O)NCCc2ccco2)c1. The number of nitrogens with zero attached hydrogens (tertiary/aromatic N) is 1. The maximum absolute atomic E-state index is 13.2. The largest absolute Gasteiger partial charge is 0.469 e. The molecule has 2 aromatic rings. The quantitative estimate of drug-likeness (QED) is 0.612. The van der Waals surface area contributed by atoms with Crippen molar-refractivity contribution in [2.75, 3.05) is 26.2 Å². The Morgan fingerprint density at radius 2 is 1.94 bits per heavy atom. The number of benzene rings is 1. The van der Waals surface area contributed by atoms with E-state index in [4.69, 9.17) is 9.15 Å². The second kappa shape index (κ2) is 10.1. The molecular weight excluding hydrogens is 422 g/mol. The second-order valence-electron chi connectivity index (χ2n) is 7.36. The summed E-state index contributed by atoms with van der Waals surface area (Å²) in [6, 6.07) is 8.76. The summed E-state index contributed by atoms with van der Waals surface area (Å²) in [6.45, 7) is 4.32. The number of rotatable bonds is 7. The van der Waals surface area contributed by atoms with Gasteiger partial charge in [0.2, 0.25) is 10.0 Å². The molecule has 0 spiro atoms. The van der Waals surface area contributed by atoms with Gasteiger partial charge in [-0.1, -0.05) is 12.1 Å². The van der Waals surface area contributed by atoms with Crippen LogP contribution in [0.5, 0.6) is 0 Å². The average Bonchev–Trinajstić information content (AvgIpc) is 3.27. The van der Waals surface area contributed by atoms with Gasteiger partial charge in [-0.05, 0) is 49.6 Å². The summed E-state index contributed by atoms with van der Waals surface area (Å²) in [6.07, 6.45) is 1.64. The van der Waals surface area contributed by atoms with E-state index in [1.54, 1.807) is 31.2 Å². The molecule has 1 saturated heterocycles. The summed E-state index contributed by atoms with van der Waals surface area (Å²) in [4.78, 5) is 24.3. The number of amides is 2. The van der Waals surface area contributed by atoms with E-state index in [2.05, 4.69) is 10.6 Å². The zero-order valence-corrected chi connectivity index (χ0v) is 18.4. The van der Waals surface area contributed by atoms with Gasteiger partial charge in [-0.15, -0.1) is 0 Å². The van der Waals surface area contributed by atoms with Crippen LogP contribution in [-0.4, -0.2) is 57.0 Å². The van der Waals surface area contributed by atoms with Crippen molar-refractivity contribution in [1.29, 1.82) is 0 Å². The van der Waals surface area contributed by atoms with Crippen LogP contribution in [0.2, 0.25) is 0 Å². The molecular formula is C21H27N3O6S. The summed E-state index contributed by atoms with van der Waals surface area (Å²) >= 11 is 0. The van der Waals surface area contributed by atoms with Gasteiger partial charge in [-0.25, -0.2) is 8.42 Å². The lowest BCUT2D eigenvalue weighted by atomic mass is 10.2. The highest BCUT2D eigenvalue weighted by atomic mass is 32.2. The van der Waals surface area contributed by atoms with Gasteiger partial charge in [0, 0.05) is 19.5 Å². The Bertz CT molecular complexity index is 1020. The molecule has 168 valence electrons. The summed E-state index contributed by atoms with van der Waals surface area (Å²) < 4.78 is 38.5. The van der Waals surface area contributed by atoms with Gasteiger partial charge in [0.05, 0.1) is 24.3 Å². The van der Waals surface area contributed by atoms with Gasteiger partial charge in [0.15, 0.2) is 0 Å². The topological polar surface area (TPSA) is 118 Å². The number of carbonyl (C=O) groups excluding carboxylic acids is 2. The fourth-order valence-corrected chi connectivity index (χ4v) is 5.19. The number of hydrogen-bond donors (Lipinski definition) is 2. The third-order valence-electron chi connectivity index (χ3n) is 4.97. The van der Waals surface area contributed by atoms with Crippen molar-refractivity contribution in [2.45, 2.75) is 37.8 Å². The van der Waals surface area contributed by atoms with Crippen LogP contribution in [0.1, 0.15) is 23.3 Å². The first kappa shape index (κ1) is 23.0. The number of furan rings is 1. The van der Waals surface area contributed by atoms with Crippen LogP contribution in [0.25, 0.3) is 0 Å². The predicted molar refractivity (Wildman–Crippen MR) is 113 cm³/mol. The summed E-state index contributed by atoms with van der Waals surface area (Å²) in [7, 11) is -3.83. The Kier molecular flexibility index (Phi) is 7.47. The molecule has 9 nitrogen and oxygen atoms in total. The molecule has 2 amide bonds. The van der Waals surface area contributed by atoms with Gasteiger partial charge < -0.3 is 19.8 Å². The Labute approximate surface area is 181 Å². The fraction of sp³-hybridized carbons (Fsp3) is 0.429. The third-order valence-corrected chi connectivity index (χ3v) is 7.00. The Hall–Kier alpha value is -2.69. The number of sulfonamides is 1. The molecule has 0 aliphatic carbocycles. The lowest BCUT2D eigenvalue weighted by Crippen LogP contribution is -2.53. The Balaban J connectivity index is 1.59. The van der Waals surface area contributed by atoms with Crippen molar-refractivity contribution in [3.63, 3.8) is 0 Å². The molecule has 2 heterocycles. The van der Waals surface area contributed by atoms with Crippen molar-refractivity contribution in [2.24, 2.45) is 0 Å². The van der Waals surface area contributed by atoms with Crippen molar-refractivity contribution >= 4 is 21.8 Å². The van der Waals surface area contributed by atoms with E-state index in [0.717, 1.165) is 5.56 Å². The van der Waals surface area contributed by atoms with Crippen molar-refractivity contribution in [1.82, 2.24) is 14.9 Å². The molecule has 1 aromatic carbocycles. The van der Waals surface area contributed by atoms with E-state index in [1.807, 2.05) is 13.0 Å². The Morgan fingerprint density at radius 3 is 2.68 bits per heavy atom. The third kappa shape index (κ3) is 5.72. The highest BCUT2D eigenvalue weighted by Crippen LogP contribution is 2.25. The molecule has 2 N–H and O–H groups in total. The first-order valence-electron chi connectivity index (χ1n) is 10.1. The first-order chi connectivity index (χ1) is 14.8. The predicted octanol–water partition coefficient (Wildman–Crippen LogP) is 1.11. The summed E-state index contributed by atoms with van der Waals surface area (Å²) in [5.74, 6) is -0.951. The number of aryl methyl sites for hydroxylation is 2. The van der Waals surface area contributed by atoms with E-state index in [1.165, 1.54) is 10.6 Å². The van der Waals surface area contributed by atoms with Crippen LogP contribution in [0, 0.1) is 13.8 Å². The molecule has 10 heteroatoms. The van der Waals surface area contributed by atoms with Crippen LogP contribution in [0.15, 0.2) is 45.9 Å². The van der Waals surface area contributed by atoms with Crippen LogP contribution in [0.3, 0.4) is 0 Å². The fourth-order valence-electron chi connectivity index (χ4n) is 3.31. The number of hydrogen-bond acceptors (Lipinski definition) is 6. The molecule has 1 aliphatic heterocycles. The average molecular weight is 450 g/mol. The van der Waals surface area contributed by atoms with Crippen LogP contribution >= 0.6 is 0 Å². The van der Waals surface area contributed by atoms with Gasteiger partial charge in [-0.2, -0.15) is 4.31 Å². The smallest absolute Gasteiger partial charge is 0.309 e. The standard InChI is InChI=1S/C21H27N3O6S/c1-15-6-7-16(2)18(13-15)31(27,28)24-10-4-12-30-19(24)14-23-21(26)20(25)22-9-8-17-5-3-11-29-17/h3,5-7,11,13,19H,4,8-10,12,14H2,1-2H3,(H,22,25)(H,23,26)/t19-/m1/s1. The lowest BCUT2D eigenvalue weighted by molar-refractivity contribution is -0.140. The van der Waals surface area contributed by atoms with E-state index in [0.29, 0.717) is 30.8 Å². The molecule has 0 unspecified atom stereocenters. The van der Waals surface area contributed by atoms with Gasteiger partial charge in [-0.3, -0.25) is 9.59 Å². The van der Waals surface area contributed by atoms with E-state index in [9.17, 15) is 18.0 Å². The van der Waals surface area contributed by atoms with Crippen LogP contribution in [-0.2, 0) is 30.8 Å². The van der Waals surface area contributed by atoms with Gasteiger partial charge >= 0.3 is 11.8 Å². The minimum atomic E-state index is -3.83. The first-order valence-corrected chi connectivity index (χ1v) is 11.5. The van der Waals surface area contributed by atoms with Crippen LogP contribution in [0.4, 0.5) is 0 Å². The zero-order valence-electron chi connectivity index (χ0n) is 17.6. The molecule has 1 aliphatic rings. The molecule has 1 fully saturated rings. The molecule has 1 aromatic heterocycles. The number of ether oxygens (including phenoxy) is 1. The van der Waals surface area contributed by atoms with E-state index >= 15 is 0 Å². The van der Waals surface area contributed by atoms with Crippen molar-refractivity contribution in [3.8, 4) is 0 Å². The molecule has 3 rings (SSSR count). The molecule has 0 saturated carbocycles. The van der Waals surface area contributed by atoms with Crippen LogP contribution < -0.4 is 10.6 Å². The maximum atomic E-state index is 13.2. The molecule has 31 heavy (non-hydrogen) atoms. The van der Waals surface area contributed by atoms with Crippen molar-refractivity contribution in [3.05, 3.63) is 53.5 Å². The monoisotopic (exact) mass is 449 g/mol. The molecule has 1 atom stereocenters. The zero-order chi connectivity index (χ0) is 22.4. The summed E-state index contributed by atoms with van der Waals surface area (Å²) in [5, 5.41) is 4.98. The normalized spacial score (nSPS) is 17.3. The minimum Gasteiger partial charge on any atom is -0.469 e. The van der Waals surface area contributed by atoms with Gasteiger partial charge in [0.1, 0.15) is 12.0 Å². The minimum absolute atomic E-state index is 0.130. The van der Waals surface area contributed by atoms with Crippen molar-refractivity contribution < 1.29 is 27.2 Å².